The van der Waals surface area contributed by atoms with Crippen molar-refractivity contribution in [3.05, 3.63) is 41.8 Å². The van der Waals surface area contributed by atoms with Gasteiger partial charge in [-0.25, -0.2) is 18.7 Å². The van der Waals surface area contributed by atoms with Gasteiger partial charge in [0.05, 0.1) is 5.69 Å². The third-order valence-corrected chi connectivity index (χ3v) is 3.40. The first-order valence-corrected chi connectivity index (χ1v) is 6.61. The fourth-order valence-corrected chi connectivity index (χ4v) is 2.09. The highest BCUT2D eigenvalue weighted by molar-refractivity contribution is 6.28. The number of benzene rings is 1. The van der Waals surface area contributed by atoms with E-state index in [1.807, 2.05) is 0 Å². The van der Waals surface area contributed by atoms with Gasteiger partial charge in [0.2, 0.25) is 11.2 Å². The van der Waals surface area contributed by atoms with E-state index in [0.717, 1.165) is 5.56 Å². The van der Waals surface area contributed by atoms with E-state index in [-0.39, 0.29) is 11.7 Å². The first-order valence-electron chi connectivity index (χ1n) is 6.23. The zero-order chi connectivity index (χ0) is 15.0. The maximum absolute atomic E-state index is 12.8. The molecule has 7 heteroatoms. The van der Waals surface area contributed by atoms with E-state index in [2.05, 4.69) is 15.3 Å². The maximum Gasteiger partial charge on any atom is 0.260 e. The molecule has 1 aliphatic carbocycles. The molecule has 0 spiro atoms. The molecule has 0 saturated heterocycles. The Morgan fingerprint density at radius 3 is 2.52 bits per heavy atom. The van der Waals surface area contributed by atoms with Gasteiger partial charge in [-0.15, -0.1) is 0 Å². The fraction of sp³-hybridized carbons (Fsp3) is 0.214. The molecule has 1 saturated carbocycles. The Hall–Kier alpha value is -2.08. The number of carbonyl (C=O) groups is 1. The molecule has 1 heterocycles. The number of hydrogen-bond donors (Lipinski definition) is 1. The minimum atomic E-state index is -2.86. The molecule has 0 bridgehead atoms. The summed E-state index contributed by atoms with van der Waals surface area (Å²) in [6, 6.07) is 8.40. The quantitative estimate of drug-likeness (QED) is 0.884. The van der Waals surface area contributed by atoms with E-state index in [1.54, 1.807) is 30.3 Å². The van der Waals surface area contributed by atoms with Gasteiger partial charge in [0.25, 0.3) is 5.92 Å². The van der Waals surface area contributed by atoms with Crippen molar-refractivity contribution < 1.29 is 13.6 Å². The number of halogens is 3. The molecule has 3 rings (SSSR count). The Morgan fingerprint density at radius 1 is 1.29 bits per heavy atom. The second kappa shape index (κ2) is 5.04. The smallest absolute Gasteiger partial charge is 0.260 e. The first-order chi connectivity index (χ1) is 9.95. The van der Waals surface area contributed by atoms with Crippen molar-refractivity contribution in [1.29, 1.82) is 0 Å². The van der Waals surface area contributed by atoms with Gasteiger partial charge in [-0.05, 0) is 29.8 Å². The molecule has 1 aliphatic rings. The summed E-state index contributed by atoms with van der Waals surface area (Å²) < 4.78 is 25.6. The lowest BCUT2D eigenvalue weighted by Gasteiger charge is -2.06. The Labute approximate surface area is 124 Å². The van der Waals surface area contributed by atoms with Crippen LogP contribution in [0.15, 0.2) is 36.5 Å². The Bertz CT molecular complexity index is 691. The second-order valence-electron chi connectivity index (χ2n) is 4.80. The van der Waals surface area contributed by atoms with Crippen LogP contribution in [0.4, 0.5) is 14.5 Å². The molecule has 21 heavy (non-hydrogen) atoms. The molecule has 2 aromatic rings. The van der Waals surface area contributed by atoms with Crippen molar-refractivity contribution >= 4 is 23.2 Å². The summed E-state index contributed by atoms with van der Waals surface area (Å²) in [5.41, 5.74) is 1.89. The van der Waals surface area contributed by atoms with E-state index in [1.165, 1.54) is 6.20 Å². The van der Waals surface area contributed by atoms with Crippen molar-refractivity contribution in [3.63, 3.8) is 0 Å². The topological polar surface area (TPSA) is 54.9 Å². The molecule has 1 amide bonds. The van der Waals surface area contributed by atoms with Gasteiger partial charge in [-0.2, -0.15) is 0 Å². The molecule has 0 unspecified atom stereocenters. The minimum absolute atomic E-state index is 0.140. The number of rotatable bonds is 3. The monoisotopic (exact) mass is 309 g/mol. The number of nitrogens with one attached hydrogen (secondary N) is 1. The van der Waals surface area contributed by atoms with Crippen molar-refractivity contribution in [1.82, 2.24) is 9.97 Å². The SMILES string of the molecule is O=C(Nc1ccc(-c2ccnc(Cl)n2)cc1)[C@@H]1CC1(F)F. The molecule has 1 atom stereocenters. The van der Waals surface area contributed by atoms with Crippen LogP contribution in [0.5, 0.6) is 0 Å². The Balaban J connectivity index is 1.71. The van der Waals surface area contributed by atoms with E-state index in [4.69, 9.17) is 11.6 Å². The fourth-order valence-electron chi connectivity index (χ4n) is 1.95. The minimum Gasteiger partial charge on any atom is -0.326 e. The molecule has 1 aromatic carbocycles. The van der Waals surface area contributed by atoms with Crippen LogP contribution in [0.25, 0.3) is 11.3 Å². The largest absolute Gasteiger partial charge is 0.326 e. The highest BCUT2D eigenvalue weighted by atomic mass is 35.5. The highest BCUT2D eigenvalue weighted by Gasteiger charge is 2.61. The molecule has 4 nitrogen and oxygen atoms in total. The molecule has 1 fully saturated rings. The summed E-state index contributed by atoms with van der Waals surface area (Å²) in [7, 11) is 0. The summed E-state index contributed by atoms with van der Waals surface area (Å²) >= 11 is 5.71. The third kappa shape index (κ3) is 3.00. The lowest BCUT2D eigenvalue weighted by molar-refractivity contribution is -0.119. The predicted octanol–water partition coefficient (Wildman–Crippen LogP) is 3.39. The average Bonchev–Trinajstić information content (AvgIpc) is 3.09. The Morgan fingerprint density at radius 2 is 1.95 bits per heavy atom. The molecular weight excluding hydrogens is 300 g/mol. The van der Waals surface area contributed by atoms with Crippen LogP contribution in [-0.2, 0) is 4.79 Å². The maximum atomic E-state index is 12.8. The average molecular weight is 310 g/mol. The second-order valence-corrected chi connectivity index (χ2v) is 5.13. The number of carbonyl (C=O) groups excluding carboxylic acids is 1. The predicted molar refractivity (Wildman–Crippen MR) is 74.2 cm³/mol. The Kier molecular flexibility index (Phi) is 3.33. The van der Waals surface area contributed by atoms with Gasteiger partial charge in [0.15, 0.2) is 0 Å². The molecule has 108 valence electrons. The van der Waals surface area contributed by atoms with Gasteiger partial charge in [0.1, 0.15) is 5.92 Å². The van der Waals surface area contributed by atoms with Crippen LogP contribution in [0.2, 0.25) is 5.28 Å². The lowest BCUT2D eigenvalue weighted by Crippen LogP contribution is -2.17. The number of hydrogen-bond acceptors (Lipinski definition) is 3. The summed E-state index contributed by atoms with van der Waals surface area (Å²) in [5.74, 6) is -4.72. The number of amides is 1. The standard InChI is InChI=1S/C14H10ClF2N3O/c15-13-18-6-5-11(20-13)8-1-3-9(4-2-8)19-12(21)10-7-14(10,16)17/h1-6,10H,7H2,(H,19,21)/t10-/m0/s1. The molecule has 0 aliphatic heterocycles. The molecule has 1 N–H and O–H groups in total. The number of aromatic nitrogens is 2. The van der Waals surface area contributed by atoms with Gasteiger partial charge in [-0.1, -0.05) is 12.1 Å². The third-order valence-electron chi connectivity index (χ3n) is 3.22. The van der Waals surface area contributed by atoms with Gasteiger partial charge >= 0.3 is 0 Å². The summed E-state index contributed by atoms with van der Waals surface area (Å²) in [5, 5.41) is 2.61. The summed E-state index contributed by atoms with van der Waals surface area (Å²) in [6.07, 6.45) is 1.16. The van der Waals surface area contributed by atoms with Crippen molar-refractivity contribution in [3.8, 4) is 11.3 Å². The van der Waals surface area contributed by atoms with Crippen LogP contribution in [0, 0.1) is 5.92 Å². The van der Waals surface area contributed by atoms with Crippen molar-refractivity contribution in [2.75, 3.05) is 5.32 Å². The van der Waals surface area contributed by atoms with Crippen LogP contribution < -0.4 is 5.32 Å². The van der Waals surface area contributed by atoms with Crippen molar-refractivity contribution in [2.24, 2.45) is 5.92 Å². The molecule has 0 radical (unpaired) electrons. The summed E-state index contributed by atoms with van der Waals surface area (Å²) in [4.78, 5) is 19.4. The highest BCUT2D eigenvalue weighted by Crippen LogP contribution is 2.49. The van der Waals surface area contributed by atoms with E-state index >= 15 is 0 Å². The lowest BCUT2D eigenvalue weighted by atomic mass is 10.1. The van der Waals surface area contributed by atoms with Crippen molar-refractivity contribution in [2.45, 2.75) is 12.3 Å². The summed E-state index contributed by atoms with van der Waals surface area (Å²) in [6.45, 7) is 0. The number of anilines is 1. The van der Waals surface area contributed by atoms with E-state index < -0.39 is 17.7 Å². The van der Waals surface area contributed by atoms with E-state index in [0.29, 0.717) is 11.4 Å². The van der Waals surface area contributed by atoms with Crippen LogP contribution in [-0.4, -0.2) is 21.8 Å². The molecule has 1 aromatic heterocycles. The van der Waals surface area contributed by atoms with Crippen LogP contribution >= 0.6 is 11.6 Å². The number of alkyl halides is 2. The van der Waals surface area contributed by atoms with Gasteiger partial charge in [0, 0.05) is 23.9 Å². The first kappa shape index (κ1) is 13.9. The van der Waals surface area contributed by atoms with E-state index in [9.17, 15) is 13.6 Å². The van der Waals surface area contributed by atoms with Gasteiger partial charge in [-0.3, -0.25) is 4.79 Å². The zero-order valence-corrected chi connectivity index (χ0v) is 11.4. The number of nitrogens with zero attached hydrogens (tertiary/aromatic N) is 2. The zero-order valence-electron chi connectivity index (χ0n) is 10.7. The molecular formula is C14H10ClF2N3O. The van der Waals surface area contributed by atoms with Crippen LogP contribution in [0.1, 0.15) is 6.42 Å². The normalized spacial score (nSPS) is 19.1. The van der Waals surface area contributed by atoms with Gasteiger partial charge < -0.3 is 5.32 Å². The van der Waals surface area contributed by atoms with Crippen LogP contribution in [0.3, 0.4) is 0 Å².